The number of hydrogen-bond acceptors (Lipinski definition) is 2. The van der Waals surface area contributed by atoms with Crippen LogP contribution in [-0.2, 0) is 0 Å². The first kappa shape index (κ1) is 10.7. The third-order valence-corrected chi connectivity index (χ3v) is 4.49. The standard InChI is InChI=1S/C17H10NS/c1-2-9-16-14(6-1)15-8-3-7-13(17(15)19-16)12-5-4-10-18-11-12/h1-6,8-11H. The first-order valence-corrected chi connectivity index (χ1v) is 6.97. The largest absolute Gasteiger partial charge is 0.264 e. The van der Waals surface area contributed by atoms with E-state index in [1.54, 1.807) is 6.20 Å². The first-order chi connectivity index (χ1) is 9.43. The maximum absolute atomic E-state index is 4.21. The Morgan fingerprint density at radius 3 is 2.79 bits per heavy atom. The van der Waals surface area contributed by atoms with Gasteiger partial charge in [0.1, 0.15) is 0 Å². The van der Waals surface area contributed by atoms with E-state index in [2.05, 4.69) is 47.4 Å². The van der Waals surface area contributed by atoms with Gasteiger partial charge in [-0.1, -0.05) is 36.4 Å². The second-order valence-corrected chi connectivity index (χ2v) is 5.49. The number of nitrogens with zero attached hydrogens (tertiary/aromatic N) is 1. The molecule has 2 heterocycles. The third-order valence-electron chi connectivity index (χ3n) is 3.29. The maximum atomic E-state index is 4.21. The summed E-state index contributed by atoms with van der Waals surface area (Å²) in [6, 6.07) is 20.1. The Kier molecular flexibility index (Phi) is 2.35. The van der Waals surface area contributed by atoms with Crippen LogP contribution in [0.4, 0.5) is 0 Å². The number of rotatable bonds is 1. The molecule has 0 aliphatic rings. The molecule has 2 aromatic heterocycles. The summed E-state index contributed by atoms with van der Waals surface area (Å²) in [4.78, 5) is 4.21. The molecule has 1 radical (unpaired) electrons. The van der Waals surface area contributed by atoms with Gasteiger partial charge in [0, 0.05) is 43.7 Å². The zero-order valence-corrected chi connectivity index (χ0v) is 10.9. The average Bonchev–Trinajstić information content (AvgIpc) is 2.87. The molecule has 0 saturated heterocycles. The van der Waals surface area contributed by atoms with E-state index in [0.717, 1.165) is 11.1 Å². The molecular formula is C17H10NS. The Bertz CT molecular complexity index is 862. The quantitative estimate of drug-likeness (QED) is 0.473. The van der Waals surface area contributed by atoms with Crippen LogP contribution >= 0.6 is 11.3 Å². The molecule has 0 unspecified atom stereocenters. The highest BCUT2D eigenvalue weighted by molar-refractivity contribution is 7.26. The highest BCUT2D eigenvalue weighted by Crippen LogP contribution is 2.39. The minimum absolute atomic E-state index is 1.12. The topological polar surface area (TPSA) is 12.9 Å². The highest BCUT2D eigenvalue weighted by atomic mass is 32.1. The van der Waals surface area contributed by atoms with Crippen LogP contribution in [0.3, 0.4) is 0 Å². The minimum atomic E-state index is 1.12. The fourth-order valence-electron chi connectivity index (χ4n) is 2.42. The van der Waals surface area contributed by atoms with E-state index < -0.39 is 0 Å². The zero-order valence-electron chi connectivity index (χ0n) is 10.1. The number of hydrogen-bond donors (Lipinski definition) is 0. The second-order valence-electron chi connectivity index (χ2n) is 4.44. The van der Waals surface area contributed by atoms with Crippen LogP contribution < -0.4 is 0 Å². The lowest BCUT2D eigenvalue weighted by atomic mass is 10.0. The first-order valence-electron chi connectivity index (χ1n) is 6.16. The van der Waals surface area contributed by atoms with Crippen molar-refractivity contribution in [3.05, 3.63) is 67.0 Å². The van der Waals surface area contributed by atoms with Crippen molar-refractivity contribution in [1.82, 2.24) is 4.98 Å². The molecule has 2 aromatic carbocycles. The van der Waals surface area contributed by atoms with Crippen molar-refractivity contribution in [3.63, 3.8) is 0 Å². The number of aromatic nitrogens is 1. The molecule has 4 rings (SSSR count). The van der Waals surface area contributed by atoms with Crippen molar-refractivity contribution in [3.8, 4) is 11.1 Å². The molecule has 4 aromatic rings. The summed E-state index contributed by atoms with van der Waals surface area (Å²) in [5.74, 6) is 0. The van der Waals surface area contributed by atoms with Crippen molar-refractivity contribution < 1.29 is 0 Å². The molecule has 0 spiro atoms. The van der Waals surface area contributed by atoms with Crippen molar-refractivity contribution in [2.75, 3.05) is 0 Å². The Balaban J connectivity index is 2.13. The van der Waals surface area contributed by atoms with Gasteiger partial charge in [0.15, 0.2) is 0 Å². The van der Waals surface area contributed by atoms with Gasteiger partial charge >= 0.3 is 0 Å². The Morgan fingerprint density at radius 1 is 0.947 bits per heavy atom. The SMILES string of the molecule is [c]1ccc2c(sc3ccccc32)c1-c1cccnc1. The number of fused-ring (bicyclic) bond motifs is 3. The van der Waals surface area contributed by atoms with Gasteiger partial charge in [-0.15, -0.1) is 11.3 Å². The summed E-state index contributed by atoms with van der Waals surface area (Å²) in [7, 11) is 0. The van der Waals surface area contributed by atoms with E-state index in [-0.39, 0.29) is 0 Å². The zero-order chi connectivity index (χ0) is 12.7. The minimum Gasteiger partial charge on any atom is -0.264 e. The molecule has 0 aliphatic heterocycles. The van der Waals surface area contributed by atoms with Gasteiger partial charge in [-0.3, -0.25) is 4.98 Å². The fourth-order valence-corrected chi connectivity index (χ4v) is 3.64. The molecule has 89 valence electrons. The molecule has 0 atom stereocenters. The lowest BCUT2D eigenvalue weighted by Gasteiger charge is -2.01. The highest BCUT2D eigenvalue weighted by Gasteiger charge is 2.09. The molecule has 0 aliphatic carbocycles. The molecule has 2 heteroatoms. The van der Waals surface area contributed by atoms with Crippen LogP contribution in [-0.4, -0.2) is 4.98 Å². The molecule has 0 fully saturated rings. The van der Waals surface area contributed by atoms with E-state index in [4.69, 9.17) is 0 Å². The van der Waals surface area contributed by atoms with Crippen LogP contribution in [0.5, 0.6) is 0 Å². The van der Waals surface area contributed by atoms with Gasteiger partial charge in [0.25, 0.3) is 0 Å². The van der Waals surface area contributed by atoms with Crippen molar-refractivity contribution in [1.29, 1.82) is 0 Å². The molecule has 19 heavy (non-hydrogen) atoms. The fraction of sp³-hybridized carbons (Fsp3) is 0. The molecule has 0 amide bonds. The predicted molar refractivity (Wildman–Crippen MR) is 81.4 cm³/mol. The normalized spacial score (nSPS) is 11.2. The van der Waals surface area contributed by atoms with Crippen LogP contribution in [0, 0.1) is 6.07 Å². The Labute approximate surface area is 115 Å². The van der Waals surface area contributed by atoms with Crippen LogP contribution in [0.2, 0.25) is 0 Å². The molecular weight excluding hydrogens is 250 g/mol. The summed E-state index contributed by atoms with van der Waals surface area (Å²) in [6.07, 6.45) is 3.70. The van der Waals surface area contributed by atoms with Crippen molar-refractivity contribution >= 4 is 31.5 Å². The van der Waals surface area contributed by atoms with E-state index in [1.807, 2.05) is 29.7 Å². The Hall–Kier alpha value is -2.19. The number of benzene rings is 2. The monoisotopic (exact) mass is 260 g/mol. The third kappa shape index (κ3) is 1.65. The summed E-state index contributed by atoms with van der Waals surface area (Å²) in [6.45, 7) is 0. The lowest BCUT2D eigenvalue weighted by Crippen LogP contribution is -1.79. The maximum Gasteiger partial charge on any atom is 0.0440 e. The van der Waals surface area contributed by atoms with Gasteiger partial charge in [0.05, 0.1) is 0 Å². The van der Waals surface area contributed by atoms with E-state index in [9.17, 15) is 0 Å². The van der Waals surface area contributed by atoms with Gasteiger partial charge in [-0.25, -0.2) is 0 Å². The molecule has 0 N–H and O–H groups in total. The summed E-state index contributed by atoms with van der Waals surface area (Å²) < 4.78 is 2.61. The van der Waals surface area contributed by atoms with E-state index >= 15 is 0 Å². The lowest BCUT2D eigenvalue weighted by molar-refractivity contribution is 1.33. The van der Waals surface area contributed by atoms with Crippen molar-refractivity contribution in [2.24, 2.45) is 0 Å². The van der Waals surface area contributed by atoms with Crippen LogP contribution in [0.1, 0.15) is 0 Å². The smallest absolute Gasteiger partial charge is 0.0440 e. The summed E-state index contributed by atoms with van der Waals surface area (Å²) >= 11 is 1.82. The number of pyridine rings is 1. The van der Waals surface area contributed by atoms with Crippen LogP contribution in [0.15, 0.2) is 60.9 Å². The number of thiophene rings is 1. The summed E-state index contributed by atoms with van der Waals surface area (Å²) in [5, 5.41) is 2.62. The van der Waals surface area contributed by atoms with E-state index in [0.29, 0.717) is 0 Å². The summed E-state index contributed by atoms with van der Waals surface area (Å²) in [5.41, 5.74) is 2.27. The van der Waals surface area contributed by atoms with E-state index in [1.165, 1.54) is 20.2 Å². The Morgan fingerprint density at radius 2 is 1.89 bits per heavy atom. The van der Waals surface area contributed by atoms with Crippen LogP contribution in [0.25, 0.3) is 31.3 Å². The van der Waals surface area contributed by atoms with Crippen molar-refractivity contribution in [2.45, 2.75) is 0 Å². The molecule has 1 nitrogen and oxygen atoms in total. The van der Waals surface area contributed by atoms with Gasteiger partial charge in [-0.05, 0) is 18.2 Å². The van der Waals surface area contributed by atoms with Gasteiger partial charge in [0.2, 0.25) is 0 Å². The van der Waals surface area contributed by atoms with Gasteiger partial charge < -0.3 is 0 Å². The average molecular weight is 260 g/mol. The molecule has 0 bridgehead atoms. The van der Waals surface area contributed by atoms with Gasteiger partial charge in [-0.2, -0.15) is 0 Å². The molecule has 0 saturated carbocycles. The predicted octanol–water partition coefficient (Wildman–Crippen LogP) is 4.92. The second kappa shape index (κ2) is 4.18.